The molecular weight excluding hydrogens is 871 g/mol. The number of hydrogen-bond donors (Lipinski definition) is 0. The van der Waals surface area contributed by atoms with Gasteiger partial charge in [0.05, 0.1) is 31.5 Å². The highest BCUT2D eigenvalue weighted by Gasteiger charge is 2.53. The van der Waals surface area contributed by atoms with Crippen LogP contribution in [0, 0.1) is 36.3 Å². The molecule has 1 aliphatic carbocycles. The lowest BCUT2D eigenvalue weighted by Gasteiger charge is -2.45. The molecule has 1 aliphatic heterocycles. The van der Waals surface area contributed by atoms with Crippen molar-refractivity contribution in [1.82, 2.24) is 0 Å². The predicted molar refractivity (Wildman–Crippen MR) is 231 cm³/mol. The fourth-order valence-electron chi connectivity index (χ4n) is 7.46. The van der Waals surface area contributed by atoms with Crippen molar-refractivity contribution in [3.8, 4) is 0 Å². The third-order valence-corrected chi connectivity index (χ3v) is 11.9. The van der Waals surface area contributed by atoms with Crippen LogP contribution in [0.3, 0.4) is 0 Å². The summed E-state index contributed by atoms with van der Waals surface area (Å²) in [5.74, 6) is -3.32. The second kappa shape index (κ2) is 22.7. The Morgan fingerprint density at radius 2 is 1.14 bits per heavy atom. The summed E-state index contributed by atoms with van der Waals surface area (Å²) in [6, 6.07) is 22.7. The number of nitro groups is 3. The molecule has 2 unspecified atom stereocenters. The first-order valence-corrected chi connectivity index (χ1v) is 21.8. The van der Waals surface area contributed by atoms with Crippen molar-refractivity contribution in [2.45, 2.75) is 88.0 Å². The maximum atomic E-state index is 14.2. The lowest BCUT2D eigenvalue weighted by Crippen LogP contribution is -2.62. The molecule has 20 heteroatoms. The molecule has 342 valence electrons. The molecule has 6 atom stereocenters. The second-order valence-electron chi connectivity index (χ2n) is 15.2. The molecule has 1 saturated heterocycles. The Balaban J connectivity index is 1.41. The second-order valence-corrected chi connectivity index (χ2v) is 16.5. The van der Waals surface area contributed by atoms with Crippen LogP contribution in [0.2, 0.25) is 0 Å². The lowest BCUT2D eigenvalue weighted by molar-refractivity contribution is -0.385. The van der Waals surface area contributed by atoms with Crippen LogP contribution in [0.15, 0.2) is 103 Å². The SMILES string of the molecule is CCS[C@@H]1O[C@@H](COC(=O)c2ccc([N+](=O)[O-])cc2)[C@H](OC(=O)c2ccc([N+](=O)[O-])cc2)C(O[C@@H](CC2CCCCC2)C(=O)OCc2ccccc2)C1OC(=O)c1ccc([N+](=O)[O-])cc1. The molecule has 2 fully saturated rings. The topological polar surface area (TPSA) is 253 Å². The number of rotatable bonds is 19. The molecule has 1 saturated carbocycles. The van der Waals surface area contributed by atoms with Crippen LogP contribution in [0.1, 0.15) is 82.1 Å². The van der Waals surface area contributed by atoms with Gasteiger partial charge >= 0.3 is 23.9 Å². The van der Waals surface area contributed by atoms with E-state index in [9.17, 15) is 49.5 Å². The van der Waals surface area contributed by atoms with Crippen LogP contribution in [-0.4, -0.2) is 87.0 Å². The summed E-state index contributed by atoms with van der Waals surface area (Å²) < 4.78 is 37.0. The van der Waals surface area contributed by atoms with E-state index in [-0.39, 0.29) is 52.7 Å². The van der Waals surface area contributed by atoms with E-state index in [1.807, 2.05) is 6.07 Å². The van der Waals surface area contributed by atoms with Crippen LogP contribution in [0.5, 0.6) is 0 Å². The number of nitrogens with zero attached hydrogens (tertiary/aromatic N) is 3. The van der Waals surface area contributed by atoms with Crippen molar-refractivity contribution in [2.24, 2.45) is 5.92 Å². The van der Waals surface area contributed by atoms with Crippen LogP contribution in [0.25, 0.3) is 0 Å². The summed E-state index contributed by atoms with van der Waals surface area (Å²) in [4.78, 5) is 87.8. The smallest absolute Gasteiger partial charge is 0.338 e. The molecule has 65 heavy (non-hydrogen) atoms. The van der Waals surface area contributed by atoms with E-state index in [1.165, 1.54) is 24.3 Å². The highest BCUT2D eigenvalue weighted by Crippen LogP contribution is 2.38. The zero-order valence-corrected chi connectivity index (χ0v) is 35.8. The summed E-state index contributed by atoms with van der Waals surface area (Å²) in [6.45, 7) is 1.06. The van der Waals surface area contributed by atoms with Crippen molar-refractivity contribution in [1.29, 1.82) is 0 Å². The summed E-state index contributed by atoms with van der Waals surface area (Å²) in [7, 11) is 0. The molecule has 0 radical (unpaired) electrons. The minimum Gasteiger partial charge on any atom is -0.459 e. The molecule has 0 bridgehead atoms. The Kier molecular flexibility index (Phi) is 16.7. The molecule has 6 rings (SSSR count). The van der Waals surface area contributed by atoms with E-state index in [2.05, 4.69) is 0 Å². The van der Waals surface area contributed by atoms with Gasteiger partial charge in [0.2, 0.25) is 0 Å². The fraction of sp³-hybridized carbons (Fsp3) is 0.378. The van der Waals surface area contributed by atoms with Gasteiger partial charge in [-0.25, -0.2) is 19.2 Å². The van der Waals surface area contributed by atoms with Crippen molar-refractivity contribution in [3.05, 3.63) is 156 Å². The van der Waals surface area contributed by atoms with E-state index < -0.39 is 81.2 Å². The number of carbonyl (C=O) groups excluding carboxylic acids is 4. The largest absolute Gasteiger partial charge is 0.459 e. The standard InChI is InChI=1S/C45H45N3O16S/c1-2-65-45-40(64-43(51)32-17-23-35(24-18-32)48(57)58)39(61-36(25-28-9-5-3-6-10-28)44(52)59-26-29-11-7-4-8-12-29)38(63-42(50)31-15-21-34(22-16-31)47(55)56)37(62-45)27-60-41(49)30-13-19-33(20-14-30)46(53)54/h4,7-8,11-24,28,36-40,45H,2-3,5-6,9-10,25-27H2,1H3/t36-,37-,38-,39?,40?,45-/m0/s1. The molecule has 0 spiro atoms. The highest BCUT2D eigenvalue weighted by atomic mass is 32.2. The van der Waals surface area contributed by atoms with Crippen LogP contribution < -0.4 is 0 Å². The van der Waals surface area contributed by atoms with Crippen LogP contribution >= 0.6 is 11.8 Å². The van der Waals surface area contributed by atoms with Gasteiger partial charge in [0, 0.05) is 36.4 Å². The average molecular weight is 916 g/mol. The number of benzene rings is 4. The maximum absolute atomic E-state index is 14.2. The number of nitro benzene ring substituents is 3. The molecule has 1 heterocycles. The first kappa shape index (κ1) is 47.7. The van der Waals surface area contributed by atoms with Crippen LogP contribution in [-0.2, 0) is 39.8 Å². The fourth-order valence-corrected chi connectivity index (χ4v) is 8.41. The molecule has 4 aromatic rings. The van der Waals surface area contributed by atoms with Crippen LogP contribution in [0.4, 0.5) is 17.1 Å². The first-order chi connectivity index (χ1) is 31.3. The van der Waals surface area contributed by atoms with Crippen molar-refractivity contribution < 1.29 is 62.4 Å². The van der Waals surface area contributed by atoms with Gasteiger partial charge in [-0.2, -0.15) is 0 Å². The molecular formula is C45H45N3O16S. The van der Waals surface area contributed by atoms with Gasteiger partial charge in [-0.05, 0) is 60.1 Å². The molecule has 0 N–H and O–H groups in total. The zero-order chi connectivity index (χ0) is 46.5. The molecule has 4 aromatic carbocycles. The third-order valence-electron chi connectivity index (χ3n) is 10.8. The monoisotopic (exact) mass is 915 g/mol. The Labute approximate surface area is 376 Å². The van der Waals surface area contributed by atoms with E-state index in [1.54, 1.807) is 31.2 Å². The van der Waals surface area contributed by atoms with Gasteiger partial charge in [0.15, 0.2) is 18.3 Å². The van der Waals surface area contributed by atoms with Gasteiger partial charge in [-0.3, -0.25) is 30.3 Å². The summed E-state index contributed by atoms with van der Waals surface area (Å²) in [6.07, 6.45) is -2.82. The normalized spacial score (nSPS) is 20.1. The minimum atomic E-state index is -1.64. The Bertz CT molecular complexity index is 2310. The average Bonchev–Trinajstić information content (AvgIpc) is 3.32. The van der Waals surface area contributed by atoms with Gasteiger partial charge in [0.1, 0.15) is 30.9 Å². The van der Waals surface area contributed by atoms with Crippen molar-refractivity contribution in [2.75, 3.05) is 12.4 Å². The maximum Gasteiger partial charge on any atom is 0.338 e. The quantitative estimate of drug-likeness (QED) is 0.0374. The summed E-state index contributed by atoms with van der Waals surface area (Å²) >= 11 is 1.15. The number of esters is 4. The van der Waals surface area contributed by atoms with Gasteiger partial charge < -0.3 is 28.4 Å². The van der Waals surface area contributed by atoms with Gasteiger partial charge in [-0.1, -0.05) is 69.4 Å². The molecule has 0 amide bonds. The van der Waals surface area contributed by atoms with E-state index >= 15 is 0 Å². The van der Waals surface area contributed by atoms with Crippen molar-refractivity contribution >= 4 is 52.7 Å². The summed E-state index contributed by atoms with van der Waals surface area (Å²) in [5.41, 5.74) is -1.58. The minimum absolute atomic E-state index is 0.0133. The first-order valence-electron chi connectivity index (χ1n) is 20.8. The Morgan fingerprint density at radius 1 is 0.646 bits per heavy atom. The highest BCUT2D eigenvalue weighted by molar-refractivity contribution is 7.99. The van der Waals surface area contributed by atoms with E-state index in [0.29, 0.717) is 11.3 Å². The number of ether oxygens (including phenoxy) is 6. The number of carbonyl (C=O) groups is 4. The van der Waals surface area contributed by atoms with E-state index in [4.69, 9.17) is 28.4 Å². The zero-order valence-electron chi connectivity index (χ0n) is 35.0. The van der Waals surface area contributed by atoms with E-state index in [0.717, 1.165) is 92.4 Å². The lowest BCUT2D eigenvalue weighted by atomic mass is 9.85. The Morgan fingerprint density at radius 3 is 1.63 bits per heavy atom. The molecule has 19 nitrogen and oxygen atoms in total. The number of thioether (sulfide) groups is 1. The third kappa shape index (κ3) is 12.9. The van der Waals surface area contributed by atoms with Crippen molar-refractivity contribution in [3.63, 3.8) is 0 Å². The Hall–Kier alpha value is -6.77. The predicted octanol–water partition coefficient (Wildman–Crippen LogP) is 7.96. The number of hydrogen-bond acceptors (Lipinski definition) is 17. The summed E-state index contributed by atoms with van der Waals surface area (Å²) in [5, 5.41) is 34.1. The van der Waals surface area contributed by atoms with Gasteiger partial charge in [-0.15, -0.1) is 11.8 Å². The molecule has 2 aliphatic rings. The number of non-ortho nitro benzene ring substituents is 3. The molecule has 0 aromatic heterocycles. The van der Waals surface area contributed by atoms with Gasteiger partial charge in [0.25, 0.3) is 17.1 Å².